The summed E-state index contributed by atoms with van der Waals surface area (Å²) >= 11 is 0. The second kappa shape index (κ2) is 7.14. The van der Waals surface area contributed by atoms with E-state index in [-0.39, 0.29) is 11.3 Å². The van der Waals surface area contributed by atoms with Crippen molar-refractivity contribution in [2.45, 2.75) is 63.8 Å². The number of carbonyl (C=O) groups is 1. The van der Waals surface area contributed by atoms with Gasteiger partial charge in [-0.2, -0.15) is 0 Å². The average molecular weight is 314 g/mol. The number of ketones is 1. The minimum Gasteiger partial charge on any atom is -0.325 e. The number of Topliss-reactive ketones (excluding diaryl/α,β-unsaturated/α-hetero) is 1. The summed E-state index contributed by atoms with van der Waals surface area (Å²) in [6, 6.07) is 6.24. The Kier molecular flexibility index (Phi) is 5.17. The zero-order valence-electron chi connectivity index (χ0n) is 14.4. The molecule has 1 aromatic carbocycles. The highest BCUT2D eigenvalue weighted by Gasteiger charge is 2.28. The molecule has 1 saturated carbocycles. The van der Waals surface area contributed by atoms with Gasteiger partial charge in [-0.15, -0.1) is 0 Å². The number of carbonyl (C=O) groups excluding carboxylic acids is 1. The van der Waals surface area contributed by atoms with E-state index in [9.17, 15) is 4.79 Å². The Morgan fingerprint density at radius 1 is 1.13 bits per heavy atom. The fourth-order valence-electron chi connectivity index (χ4n) is 4.10. The van der Waals surface area contributed by atoms with Crippen LogP contribution in [-0.4, -0.2) is 35.9 Å². The molecular formula is C20H30N2O. The molecule has 3 nitrogen and oxygen atoms in total. The summed E-state index contributed by atoms with van der Waals surface area (Å²) < 4.78 is 0. The molecule has 2 N–H and O–H groups in total. The number of fused-ring (bicyclic) bond motifs is 1. The van der Waals surface area contributed by atoms with Gasteiger partial charge in [-0.05, 0) is 62.8 Å². The maximum Gasteiger partial charge on any atom is 0.159 e. The molecule has 0 amide bonds. The van der Waals surface area contributed by atoms with Crippen molar-refractivity contribution in [3.05, 3.63) is 34.9 Å². The molecule has 23 heavy (non-hydrogen) atoms. The summed E-state index contributed by atoms with van der Waals surface area (Å²) in [5, 5.41) is 0. The fourth-order valence-corrected chi connectivity index (χ4v) is 4.10. The minimum absolute atomic E-state index is 0.0825. The van der Waals surface area contributed by atoms with E-state index in [2.05, 4.69) is 17.0 Å². The number of hydrogen-bond acceptors (Lipinski definition) is 3. The lowest BCUT2D eigenvalue weighted by Crippen LogP contribution is -2.45. The van der Waals surface area contributed by atoms with Crippen molar-refractivity contribution in [1.82, 2.24) is 4.90 Å². The van der Waals surface area contributed by atoms with E-state index in [1.54, 1.807) is 6.92 Å². The van der Waals surface area contributed by atoms with Crippen LogP contribution in [0.3, 0.4) is 0 Å². The van der Waals surface area contributed by atoms with Gasteiger partial charge in [0.15, 0.2) is 5.78 Å². The molecule has 1 aromatic rings. The van der Waals surface area contributed by atoms with Gasteiger partial charge in [0, 0.05) is 24.2 Å². The van der Waals surface area contributed by atoms with E-state index >= 15 is 0 Å². The highest BCUT2D eigenvalue weighted by atomic mass is 16.1. The molecule has 0 bridgehead atoms. The lowest BCUT2D eigenvalue weighted by Gasteiger charge is -2.35. The van der Waals surface area contributed by atoms with Gasteiger partial charge in [0.1, 0.15) is 0 Å². The lowest BCUT2D eigenvalue weighted by atomic mass is 9.80. The van der Waals surface area contributed by atoms with Gasteiger partial charge in [-0.1, -0.05) is 31.4 Å². The van der Waals surface area contributed by atoms with Crippen LogP contribution in [0, 0.1) is 0 Å². The van der Waals surface area contributed by atoms with E-state index in [1.165, 1.54) is 43.2 Å². The predicted molar refractivity (Wildman–Crippen MR) is 94.9 cm³/mol. The summed E-state index contributed by atoms with van der Waals surface area (Å²) in [5.74, 6) is 0.163. The van der Waals surface area contributed by atoms with Gasteiger partial charge < -0.3 is 10.6 Å². The molecule has 1 fully saturated rings. The fraction of sp³-hybridized carbons (Fsp3) is 0.650. The van der Waals surface area contributed by atoms with Crippen molar-refractivity contribution < 1.29 is 4.79 Å². The Balaban J connectivity index is 1.58. The molecule has 0 aromatic heterocycles. The number of nitrogens with two attached hydrogens (primary N) is 1. The standard InChI is InChI=1S/C20H30N2O/c1-16(23)18-6-5-17-7-12-22(13-8-19(17)15-18)14-11-20(21)9-3-2-4-10-20/h5-6,15H,2-4,7-14,21H2,1H3. The normalized spacial score (nSPS) is 21.5. The molecule has 0 unspecified atom stereocenters. The van der Waals surface area contributed by atoms with Crippen molar-refractivity contribution in [2.24, 2.45) is 5.73 Å². The Bertz CT molecular complexity index is 561. The van der Waals surface area contributed by atoms with E-state index < -0.39 is 0 Å². The molecule has 0 spiro atoms. The van der Waals surface area contributed by atoms with Gasteiger partial charge in [0.25, 0.3) is 0 Å². The van der Waals surface area contributed by atoms with E-state index in [0.29, 0.717) is 0 Å². The van der Waals surface area contributed by atoms with E-state index in [4.69, 9.17) is 5.73 Å². The SMILES string of the molecule is CC(=O)c1ccc2c(c1)CCN(CCC1(N)CCCCC1)CC2. The van der Waals surface area contributed by atoms with Crippen LogP contribution in [0.5, 0.6) is 0 Å². The molecular weight excluding hydrogens is 284 g/mol. The van der Waals surface area contributed by atoms with Crippen LogP contribution in [0.2, 0.25) is 0 Å². The lowest BCUT2D eigenvalue weighted by molar-refractivity contribution is 0.101. The molecule has 126 valence electrons. The number of nitrogens with zero attached hydrogens (tertiary/aromatic N) is 1. The zero-order valence-corrected chi connectivity index (χ0v) is 14.4. The number of hydrogen-bond donors (Lipinski definition) is 1. The maximum absolute atomic E-state index is 11.6. The quantitative estimate of drug-likeness (QED) is 0.867. The van der Waals surface area contributed by atoms with E-state index in [1.807, 2.05) is 6.07 Å². The van der Waals surface area contributed by atoms with Crippen LogP contribution in [0.1, 0.15) is 66.9 Å². The molecule has 1 aliphatic heterocycles. The third-order valence-corrected chi connectivity index (χ3v) is 5.78. The Labute approximate surface area is 140 Å². The largest absolute Gasteiger partial charge is 0.325 e. The number of benzene rings is 1. The molecule has 1 heterocycles. The molecule has 3 rings (SSSR count). The van der Waals surface area contributed by atoms with Crippen LogP contribution < -0.4 is 5.73 Å². The molecule has 1 aliphatic carbocycles. The van der Waals surface area contributed by atoms with Crippen LogP contribution in [0.15, 0.2) is 18.2 Å². The Morgan fingerprint density at radius 2 is 1.83 bits per heavy atom. The monoisotopic (exact) mass is 314 g/mol. The van der Waals surface area contributed by atoms with Crippen LogP contribution >= 0.6 is 0 Å². The van der Waals surface area contributed by atoms with Gasteiger partial charge in [-0.3, -0.25) is 4.79 Å². The second-order valence-corrected chi connectivity index (χ2v) is 7.55. The Hall–Kier alpha value is -1.19. The van der Waals surface area contributed by atoms with Crippen LogP contribution in [-0.2, 0) is 12.8 Å². The average Bonchev–Trinajstić information content (AvgIpc) is 2.75. The molecule has 0 radical (unpaired) electrons. The minimum atomic E-state index is 0.0825. The van der Waals surface area contributed by atoms with Crippen LogP contribution in [0.4, 0.5) is 0 Å². The molecule has 0 saturated heterocycles. The summed E-state index contributed by atoms with van der Waals surface area (Å²) in [6.45, 7) is 4.96. The summed E-state index contributed by atoms with van der Waals surface area (Å²) in [7, 11) is 0. The van der Waals surface area contributed by atoms with Crippen molar-refractivity contribution in [3.63, 3.8) is 0 Å². The smallest absolute Gasteiger partial charge is 0.159 e. The summed E-state index contributed by atoms with van der Waals surface area (Å²) in [5.41, 5.74) is 10.3. The molecule has 0 atom stereocenters. The van der Waals surface area contributed by atoms with Gasteiger partial charge in [0.2, 0.25) is 0 Å². The van der Waals surface area contributed by atoms with Crippen molar-refractivity contribution >= 4 is 5.78 Å². The summed E-state index contributed by atoms with van der Waals surface area (Å²) in [4.78, 5) is 14.1. The van der Waals surface area contributed by atoms with Gasteiger partial charge >= 0.3 is 0 Å². The maximum atomic E-state index is 11.6. The first-order valence-electron chi connectivity index (χ1n) is 9.20. The highest BCUT2D eigenvalue weighted by Crippen LogP contribution is 2.29. The number of rotatable bonds is 4. The van der Waals surface area contributed by atoms with Crippen molar-refractivity contribution in [2.75, 3.05) is 19.6 Å². The van der Waals surface area contributed by atoms with E-state index in [0.717, 1.165) is 44.5 Å². The topological polar surface area (TPSA) is 46.3 Å². The third-order valence-electron chi connectivity index (χ3n) is 5.78. The van der Waals surface area contributed by atoms with Crippen molar-refractivity contribution in [1.29, 1.82) is 0 Å². The first kappa shape index (κ1) is 16.7. The predicted octanol–water partition coefficient (Wildman–Crippen LogP) is 3.34. The van der Waals surface area contributed by atoms with Gasteiger partial charge in [0.05, 0.1) is 0 Å². The van der Waals surface area contributed by atoms with Gasteiger partial charge in [-0.25, -0.2) is 0 Å². The third kappa shape index (κ3) is 4.21. The highest BCUT2D eigenvalue weighted by molar-refractivity contribution is 5.94. The first-order chi connectivity index (χ1) is 11.1. The van der Waals surface area contributed by atoms with Crippen molar-refractivity contribution in [3.8, 4) is 0 Å². The summed E-state index contributed by atoms with van der Waals surface area (Å²) in [6.07, 6.45) is 9.62. The molecule has 2 aliphatic rings. The van der Waals surface area contributed by atoms with Crippen LogP contribution in [0.25, 0.3) is 0 Å². The molecule has 3 heteroatoms. The Morgan fingerprint density at radius 3 is 2.52 bits per heavy atom. The first-order valence-corrected chi connectivity index (χ1v) is 9.20. The zero-order chi connectivity index (χ0) is 16.3. The second-order valence-electron chi connectivity index (χ2n) is 7.55.